The molecule has 3 nitrogen and oxygen atoms in total. The maximum Gasteiger partial charge on any atom is 0.309 e. The Labute approximate surface area is 72.4 Å². The summed E-state index contributed by atoms with van der Waals surface area (Å²) >= 11 is 0. The van der Waals surface area contributed by atoms with Crippen molar-refractivity contribution in [2.45, 2.75) is 44.6 Å². The lowest BCUT2D eigenvalue weighted by molar-refractivity contribution is -0.146. The zero-order valence-corrected chi connectivity index (χ0v) is 7.20. The van der Waals surface area contributed by atoms with Gasteiger partial charge in [-0.25, -0.2) is 0 Å². The lowest BCUT2D eigenvalue weighted by Crippen LogP contribution is -2.29. The summed E-state index contributed by atoms with van der Waals surface area (Å²) in [4.78, 5) is 10.7. The monoisotopic (exact) mass is 172 g/mol. The summed E-state index contributed by atoms with van der Waals surface area (Å²) in [5, 5.41) is 18.2. The van der Waals surface area contributed by atoms with Crippen molar-refractivity contribution in [3.63, 3.8) is 0 Å². The molecule has 1 aliphatic carbocycles. The van der Waals surface area contributed by atoms with Crippen molar-refractivity contribution in [2.24, 2.45) is 5.92 Å². The smallest absolute Gasteiger partial charge is 0.309 e. The number of carboxylic acid groups (broad SMARTS) is 1. The highest BCUT2D eigenvalue weighted by Crippen LogP contribution is 2.22. The Morgan fingerprint density at radius 2 is 1.67 bits per heavy atom. The van der Waals surface area contributed by atoms with E-state index >= 15 is 0 Å². The molecule has 1 saturated carbocycles. The Morgan fingerprint density at radius 3 is 2.25 bits per heavy atom. The Balaban J connectivity index is 2.48. The number of aliphatic hydroxyl groups is 1. The number of hydrogen-bond donors (Lipinski definition) is 2. The maximum atomic E-state index is 10.7. The molecule has 0 saturated heterocycles. The first kappa shape index (κ1) is 9.52. The highest BCUT2D eigenvalue weighted by molar-refractivity contribution is 5.70. The summed E-state index contributed by atoms with van der Waals surface area (Å²) < 4.78 is 0. The predicted molar refractivity (Wildman–Crippen MR) is 44.8 cm³/mol. The number of carboxylic acids is 1. The number of carbonyl (C=O) groups is 1. The van der Waals surface area contributed by atoms with Crippen LogP contribution < -0.4 is 0 Å². The molecule has 0 aromatic heterocycles. The maximum absolute atomic E-state index is 10.7. The van der Waals surface area contributed by atoms with E-state index in [1.165, 1.54) is 0 Å². The SMILES string of the molecule is O=C(O)C1CCCCCCC1O. The van der Waals surface area contributed by atoms with E-state index in [9.17, 15) is 9.90 Å². The lowest BCUT2D eigenvalue weighted by atomic mass is 9.89. The molecule has 3 heteroatoms. The summed E-state index contributed by atoms with van der Waals surface area (Å²) in [5.74, 6) is -1.37. The van der Waals surface area contributed by atoms with Gasteiger partial charge in [-0.15, -0.1) is 0 Å². The van der Waals surface area contributed by atoms with E-state index < -0.39 is 18.0 Å². The highest BCUT2D eigenvalue weighted by atomic mass is 16.4. The van der Waals surface area contributed by atoms with Gasteiger partial charge >= 0.3 is 5.97 Å². The van der Waals surface area contributed by atoms with E-state index in [1.54, 1.807) is 0 Å². The van der Waals surface area contributed by atoms with Gasteiger partial charge in [-0.3, -0.25) is 4.79 Å². The Morgan fingerprint density at radius 1 is 1.08 bits per heavy atom. The average molecular weight is 172 g/mol. The normalized spacial score (nSPS) is 32.1. The molecule has 1 rings (SSSR count). The summed E-state index contributed by atoms with van der Waals surface area (Å²) in [6.45, 7) is 0. The fourth-order valence-corrected chi connectivity index (χ4v) is 1.75. The zero-order chi connectivity index (χ0) is 8.97. The van der Waals surface area contributed by atoms with Crippen molar-refractivity contribution in [3.05, 3.63) is 0 Å². The number of aliphatic carboxylic acids is 1. The molecule has 0 radical (unpaired) electrons. The fourth-order valence-electron chi connectivity index (χ4n) is 1.75. The van der Waals surface area contributed by atoms with Crippen LogP contribution in [0.1, 0.15) is 38.5 Å². The van der Waals surface area contributed by atoms with E-state index in [2.05, 4.69) is 0 Å². The molecule has 0 aliphatic heterocycles. The van der Waals surface area contributed by atoms with Crippen LogP contribution in [-0.4, -0.2) is 22.3 Å². The Kier molecular flexibility index (Phi) is 3.53. The van der Waals surface area contributed by atoms with Crippen LogP contribution >= 0.6 is 0 Å². The van der Waals surface area contributed by atoms with E-state index in [-0.39, 0.29) is 0 Å². The van der Waals surface area contributed by atoms with Gasteiger partial charge in [-0.1, -0.05) is 25.7 Å². The Hall–Kier alpha value is -0.570. The molecule has 2 atom stereocenters. The van der Waals surface area contributed by atoms with Crippen LogP contribution in [0.3, 0.4) is 0 Å². The molecule has 0 aromatic rings. The summed E-state index contributed by atoms with van der Waals surface area (Å²) in [6.07, 6.45) is 4.80. The number of aliphatic hydroxyl groups excluding tert-OH is 1. The topological polar surface area (TPSA) is 57.5 Å². The van der Waals surface area contributed by atoms with Gasteiger partial charge in [0.05, 0.1) is 12.0 Å². The lowest BCUT2D eigenvalue weighted by Gasteiger charge is -2.21. The Bertz CT molecular complexity index is 156. The first-order chi connectivity index (χ1) is 5.72. The van der Waals surface area contributed by atoms with Gasteiger partial charge in [-0.05, 0) is 12.8 Å². The third kappa shape index (κ3) is 2.48. The standard InChI is InChI=1S/C9H16O3/c10-8-6-4-2-1-3-5-7(8)9(11)12/h7-8,10H,1-6H2,(H,11,12). The minimum atomic E-state index is -0.843. The van der Waals surface area contributed by atoms with E-state index in [0.717, 1.165) is 25.7 Å². The van der Waals surface area contributed by atoms with Crippen LogP contribution in [0.25, 0.3) is 0 Å². The minimum Gasteiger partial charge on any atom is -0.481 e. The molecule has 0 spiro atoms. The van der Waals surface area contributed by atoms with E-state index in [0.29, 0.717) is 12.8 Å². The van der Waals surface area contributed by atoms with E-state index in [4.69, 9.17) is 5.11 Å². The molecule has 0 amide bonds. The van der Waals surface area contributed by atoms with Gasteiger partial charge in [0.15, 0.2) is 0 Å². The second-order valence-electron chi connectivity index (χ2n) is 3.50. The second kappa shape index (κ2) is 4.45. The van der Waals surface area contributed by atoms with Crippen molar-refractivity contribution in [2.75, 3.05) is 0 Å². The highest BCUT2D eigenvalue weighted by Gasteiger charge is 2.26. The van der Waals surface area contributed by atoms with Crippen LogP contribution in [0.2, 0.25) is 0 Å². The van der Waals surface area contributed by atoms with Gasteiger partial charge < -0.3 is 10.2 Å². The molecule has 0 heterocycles. The molecule has 70 valence electrons. The summed E-state index contributed by atoms with van der Waals surface area (Å²) in [5.41, 5.74) is 0. The van der Waals surface area contributed by atoms with Crippen molar-refractivity contribution < 1.29 is 15.0 Å². The number of rotatable bonds is 1. The fraction of sp³-hybridized carbons (Fsp3) is 0.889. The van der Waals surface area contributed by atoms with Gasteiger partial charge in [0.2, 0.25) is 0 Å². The van der Waals surface area contributed by atoms with Crippen molar-refractivity contribution in [1.29, 1.82) is 0 Å². The number of hydrogen-bond acceptors (Lipinski definition) is 2. The molecule has 1 fully saturated rings. The van der Waals surface area contributed by atoms with E-state index in [1.807, 2.05) is 0 Å². The van der Waals surface area contributed by atoms with Crippen molar-refractivity contribution >= 4 is 5.97 Å². The predicted octanol–water partition coefficient (Wildman–Crippen LogP) is 1.40. The summed E-state index contributed by atoms with van der Waals surface area (Å²) in [7, 11) is 0. The van der Waals surface area contributed by atoms with Gasteiger partial charge in [0, 0.05) is 0 Å². The molecular weight excluding hydrogens is 156 g/mol. The first-order valence-electron chi connectivity index (χ1n) is 4.62. The van der Waals surface area contributed by atoms with Crippen molar-refractivity contribution in [1.82, 2.24) is 0 Å². The van der Waals surface area contributed by atoms with Crippen LogP contribution in [0.5, 0.6) is 0 Å². The summed E-state index contributed by atoms with van der Waals surface area (Å²) in [6, 6.07) is 0. The molecule has 12 heavy (non-hydrogen) atoms. The van der Waals surface area contributed by atoms with Gasteiger partial charge in [0.1, 0.15) is 0 Å². The largest absolute Gasteiger partial charge is 0.481 e. The van der Waals surface area contributed by atoms with Crippen LogP contribution in [0.15, 0.2) is 0 Å². The quantitative estimate of drug-likeness (QED) is 0.628. The van der Waals surface area contributed by atoms with Gasteiger partial charge in [-0.2, -0.15) is 0 Å². The zero-order valence-electron chi connectivity index (χ0n) is 7.20. The second-order valence-corrected chi connectivity index (χ2v) is 3.50. The molecule has 0 aromatic carbocycles. The molecule has 0 bridgehead atoms. The third-order valence-electron chi connectivity index (χ3n) is 2.55. The molecule has 1 aliphatic rings. The molecule has 2 unspecified atom stereocenters. The molecular formula is C9H16O3. The van der Waals surface area contributed by atoms with Crippen LogP contribution in [-0.2, 0) is 4.79 Å². The minimum absolute atomic E-state index is 0.523. The van der Waals surface area contributed by atoms with Crippen LogP contribution in [0.4, 0.5) is 0 Å². The molecule has 2 N–H and O–H groups in total. The average Bonchev–Trinajstić information content (AvgIpc) is 1.96. The van der Waals surface area contributed by atoms with Crippen molar-refractivity contribution in [3.8, 4) is 0 Å². The third-order valence-corrected chi connectivity index (χ3v) is 2.55. The van der Waals surface area contributed by atoms with Crippen LogP contribution in [0, 0.1) is 5.92 Å². The first-order valence-corrected chi connectivity index (χ1v) is 4.62. The van der Waals surface area contributed by atoms with Gasteiger partial charge in [0.25, 0.3) is 0 Å².